The van der Waals surface area contributed by atoms with Gasteiger partial charge in [-0.2, -0.15) is 11.3 Å². The highest BCUT2D eigenvalue weighted by Crippen LogP contribution is 2.28. The second-order valence-electron chi connectivity index (χ2n) is 7.35. The molecule has 1 aliphatic heterocycles. The second kappa shape index (κ2) is 9.36. The van der Waals surface area contributed by atoms with Crippen LogP contribution in [0.2, 0.25) is 0 Å². The zero-order valence-corrected chi connectivity index (χ0v) is 17.4. The summed E-state index contributed by atoms with van der Waals surface area (Å²) in [6, 6.07) is 12.8. The Morgan fingerprint density at radius 3 is 2.65 bits per heavy atom. The lowest BCUT2D eigenvalue weighted by Crippen LogP contribution is -2.43. The van der Waals surface area contributed by atoms with Gasteiger partial charge in [0.25, 0.3) is 0 Å². The summed E-state index contributed by atoms with van der Waals surface area (Å²) in [6.45, 7) is 1.79. The van der Waals surface area contributed by atoms with Crippen LogP contribution in [0.1, 0.15) is 22.7 Å². The summed E-state index contributed by atoms with van der Waals surface area (Å²) in [5, 5.41) is 8.77. The van der Waals surface area contributed by atoms with Crippen LogP contribution in [-0.4, -0.2) is 29.8 Å². The number of nitrogens with zero attached hydrogens (tertiary/aromatic N) is 1. The molecule has 4 rings (SSSR count). The SMILES string of the molecule is O=C(NC[C@@H](c1ccsc1)N1CCc2ccccc2C1)C(=O)Nc1cc(F)ccc1F. The van der Waals surface area contributed by atoms with E-state index in [1.807, 2.05) is 29.0 Å². The van der Waals surface area contributed by atoms with Crippen LogP contribution < -0.4 is 10.6 Å². The van der Waals surface area contributed by atoms with Crippen LogP contribution in [0.5, 0.6) is 0 Å². The highest BCUT2D eigenvalue weighted by atomic mass is 32.1. The quantitative estimate of drug-likeness (QED) is 0.591. The monoisotopic (exact) mass is 441 g/mol. The third kappa shape index (κ3) is 4.98. The molecule has 2 aromatic carbocycles. The summed E-state index contributed by atoms with van der Waals surface area (Å²) >= 11 is 1.57. The molecule has 5 nitrogen and oxygen atoms in total. The lowest BCUT2D eigenvalue weighted by molar-refractivity contribution is -0.136. The molecule has 2 heterocycles. The lowest BCUT2D eigenvalue weighted by atomic mass is 9.97. The van der Waals surface area contributed by atoms with Crippen molar-refractivity contribution >= 4 is 28.8 Å². The van der Waals surface area contributed by atoms with Gasteiger partial charge in [-0.15, -0.1) is 0 Å². The Morgan fingerprint density at radius 2 is 1.87 bits per heavy atom. The molecule has 3 aromatic rings. The molecular weight excluding hydrogens is 420 g/mol. The number of hydrogen-bond acceptors (Lipinski definition) is 4. The normalized spacial score (nSPS) is 14.5. The number of halogens is 2. The van der Waals surface area contributed by atoms with Gasteiger partial charge < -0.3 is 10.6 Å². The van der Waals surface area contributed by atoms with Crippen molar-refractivity contribution in [2.24, 2.45) is 0 Å². The highest BCUT2D eigenvalue weighted by molar-refractivity contribution is 7.08. The largest absolute Gasteiger partial charge is 0.346 e. The Labute approximate surface area is 182 Å². The van der Waals surface area contributed by atoms with E-state index >= 15 is 0 Å². The molecule has 0 bridgehead atoms. The first kappa shape index (κ1) is 21.1. The predicted octanol–water partition coefficient (Wildman–Crippen LogP) is 3.88. The molecule has 0 unspecified atom stereocenters. The average Bonchev–Trinajstić information content (AvgIpc) is 3.30. The number of rotatable bonds is 5. The molecule has 0 fully saturated rings. The van der Waals surface area contributed by atoms with Crippen molar-refractivity contribution in [2.75, 3.05) is 18.4 Å². The highest BCUT2D eigenvalue weighted by Gasteiger charge is 2.26. The van der Waals surface area contributed by atoms with Gasteiger partial charge in [0, 0.05) is 25.7 Å². The van der Waals surface area contributed by atoms with Gasteiger partial charge in [-0.05, 0) is 52.1 Å². The summed E-state index contributed by atoms with van der Waals surface area (Å²) in [7, 11) is 0. The summed E-state index contributed by atoms with van der Waals surface area (Å²) in [6.07, 6.45) is 0.907. The van der Waals surface area contributed by atoms with E-state index in [1.165, 1.54) is 11.1 Å². The first-order chi connectivity index (χ1) is 15.0. The number of carbonyl (C=O) groups is 2. The number of anilines is 1. The molecule has 2 amide bonds. The number of amides is 2. The van der Waals surface area contributed by atoms with Crippen molar-refractivity contribution in [3.05, 3.63) is 87.6 Å². The molecule has 0 saturated carbocycles. The number of thiophene rings is 1. The van der Waals surface area contributed by atoms with Crippen LogP contribution in [0.25, 0.3) is 0 Å². The van der Waals surface area contributed by atoms with Crippen LogP contribution in [0, 0.1) is 11.6 Å². The van der Waals surface area contributed by atoms with Crippen LogP contribution in [0.15, 0.2) is 59.3 Å². The summed E-state index contributed by atoms with van der Waals surface area (Å²) in [5.41, 5.74) is 3.26. The molecule has 1 atom stereocenters. The minimum atomic E-state index is -1.04. The zero-order chi connectivity index (χ0) is 21.8. The molecular formula is C23H21F2N3O2S. The van der Waals surface area contributed by atoms with Crippen molar-refractivity contribution < 1.29 is 18.4 Å². The number of benzene rings is 2. The van der Waals surface area contributed by atoms with Gasteiger partial charge in [0.1, 0.15) is 11.6 Å². The molecule has 1 aliphatic rings. The summed E-state index contributed by atoms with van der Waals surface area (Å²) in [5.74, 6) is -3.47. The summed E-state index contributed by atoms with van der Waals surface area (Å²) in [4.78, 5) is 26.8. The van der Waals surface area contributed by atoms with Crippen LogP contribution in [0.4, 0.5) is 14.5 Å². The summed E-state index contributed by atoms with van der Waals surface area (Å²) < 4.78 is 27.0. The molecule has 0 aliphatic carbocycles. The molecule has 8 heteroatoms. The molecule has 0 spiro atoms. The van der Waals surface area contributed by atoms with Crippen molar-refractivity contribution in [3.63, 3.8) is 0 Å². The van der Waals surface area contributed by atoms with Gasteiger partial charge >= 0.3 is 11.8 Å². The van der Waals surface area contributed by atoms with E-state index in [9.17, 15) is 18.4 Å². The number of nitrogens with one attached hydrogen (secondary N) is 2. The molecule has 0 saturated heterocycles. The van der Waals surface area contributed by atoms with Gasteiger partial charge in [0.05, 0.1) is 11.7 Å². The Hall–Kier alpha value is -3.10. The molecule has 160 valence electrons. The Balaban J connectivity index is 1.43. The Kier molecular flexibility index (Phi) is 6.39. The van der Waals surface area contributed by atoms with E-state index < -0.39 is 23.4 Å². The fraction of sp³-hybridized carbons (Fsp3) is 0.217. The van der Waals surface area contributed by atoms with E-state index in [2.05, 4.69) is 27.7 Å². The number of fused-ring (bicyclic) bond motifs is 1. The van der Waals surface area contributed by atoms with Crippen LogP contribution in [-0.2, 0) is 22.6 Å². The zero-order valence-electron chi connectivity index (χ0n) is 16.6. The Bertz CT molecular complexity index is 1090. The minimum absolute atomic E-state index is 0.109. The predicted molar refractivity (Wildman–Crippen MR) is 116 cm³/mol. The molecule has 31 heavy (non-hydrogen) atoms. The van der Waals surface area contributed by atoms with E-state index in [0.717, 1.165) is 43.3 Å². The van der Waals surface area contributed by atoms with Gasteiger partial charge in [-0.25, -0.2) is 8.78 Å². The fourth-order valence-electron chi connectivity index (χ4n) is 3.75. The van der Waals surface area contributed by atoms with Crippen molar-refractivity contribution in [1.82, 2.24) is 10.2 Å². The van der Waals surface area contributed by atoms with E-state index in [-0.39, 0.29) is 18.3 Å². The maximum absolute atomic E-state index is 13.7. The van der Waals surface area contributed by atoms with Gasteiger partial charge in [-0.3, -0.25) is 14.5 Å². The van der Waals surface area contributed by atoms with Gasteiger partial charge in [0.15, 0.2) is 0 Å². The maximum Gasteiger partial charge on any atom is 0.313 e. The topological polar surface area (TPSA) is 61.4 Å². The minimum Gasteiger partial charge on any atom is -0.346 e. The molecule has 1 aromatic heterocycles. The molecule has 0 radical (unpaired) electrons. The average molecular weight is 442 g/mol. The second-order valence-corrected chi connectivity index (χ2v) is 8.13. The maximum atomic E-state index is 13.7. The van der Waals surface area contributed by atoms with Crippen LogP contribution >= 0.6 is 11.3 Å². The fourth-order valence-corrected chi connectivity index (χ4v) is 4.46. The molecule has 2 N–H and O–H groups in total. The first-order valence-electron chi connectivity index (χ1n) is 9.88. The van der Waals surface area contributed by atoms with Crippen molar-refractivity contribution in [3.8, 4) is 0 Å². The van der Waals surface area contributed by atoms with E-state index in [0.29, 0.717) is 0 Å². The smallest absolute Gasteiger partial charge is 0.313 e. The van der Waals surface area contributed by atoms with Crippen LogP contribution in [0.3, 0.4) is 0 Å². The van der Waals surface area contributed by atoms with E-state index in [4.69, 9.17) is 0 Å². The van der Waals surface area contributed by atoms with Gasteiger partial charge in [-0.1, -0.05) is 24.3 Å². The first-order valence-corrected chi connectivity index (χ1v) is 10.8. The Morgan fingerprint density at radius 1 is 1.06 bits per heavy atom. The van der Waals surface area contributed by atoms with Crippen molar-refractivity contribution in [2.45, 2.75) is 19.0 Å². The standard InChI is InChI=1S/C23H21F2N3O2S/c24-18-5-6-19(25)20(11-18)27-23(30)22(29)26-12-21(17-8-10-31-14-17)28-9-7-15-3-1-2-4-16(15)13-28/h1-6,8,10-11,14,21H,7,9,12-13H2,(H,26,29)(H,27,30)/t21-/m0/s1. The van der Waals surface area contributed by atoms with E-state index in [1.54, 1.807) is 11.3 Å². The third-order valence-electron chi connectivity index (χ3n) is 5.37. The van der Waals surface area contributed by atoms with Gasteiger partial charge in [0.2, 0.25) is 0 Å². The number of hydrogen-bond donors (Lipinski definition) is 2. The lowest BCUT2D eigenvalue weighted by Gasteiger charge is -2.35. The number of carbonyl (C=O) groups excluding carboxylic acids is 2. The third-order valence-corrected chi connectivity index (χ3v) is 6.07. The van der Waals surface area contributed by atoms with Crippen molar-refractivity contribution in [1.29, 1.82) is 0 Å².